The van der Waals surface area contributed by atoms with E-state index in [1.165, 1.54) is 22.7 Å². The number of aryl methyl sites for hydroxylation is 2. The molecule has 91 heavy (non-hydrogen) atoms. The second kappa shape index (κ2) is 47.2. The Labute approximate surface area is 563 Å². The first kappa shape index (κ1) is 80.4. The zero-order valence-corrected chi connectivity index (χ0v) is 57.1. The van der Waals surface area contributed by atoms with Crippen molar-refractivity contribution in [2.75, 3.05) is 142 Å². The number of aliphatic carboxylic acids is 1. The van der Waals surface area contributed by atoms with Crippen LogP contribution in [-0.4, -0.2) is 173 Å². The van der Waals surface area contributed by atoms with E-state index in [9.17, 15) is 29.5 Å². The average Bonchev–Trinajstić information content (AvgIpc) is 2.03. The maximum Gasteiger partial charge on any atom is 1.00 e. The van der Waals surface area contributed by atoms with Crippen LogP contribution in [0, 0.1) is 58.7 Å². The van der Waals surface area contributed by atoms with E-state index in [2.05, 4.69) is 95.4 Å². The molecule has 1 fully saturated rings. The van der Waals surface area contributed by atoms with Gasteiger partial charge in [-0.25, -0.2) is 14.5 Å². The summed E-state index contributed by atoms with van der Waals surface area (Å²) in [6, 6.07) is 14.6. The number of carbonyl (C=O) groups excluding carboxylic acids is 4. The first-order chi connectivity index (χ1) is 43.4. The quantitative estimate of drug-likeness (QED) is 0.0112. The molecule has 0 amide bonds. The maximum absolute atomic E-state index is 11.2. The van der Waals surface area contributed by atoms with E-state index in [1.54, 1.807) is 13.8 Å². The molecule has 0 bridgehead atoms. The Bertz CT molecular complexity index is 3100. The number of thiophene rings is 2. The average molecular weight is 1310 g/mol. The minimum Gasteiger partial charge on any atom is -0.550 e. The number of benzene rings is 2. The van der Waals surface area contributed by atoms with E-state index < -0.39 is 23.9 Å². The number of aliphatic hydroxyl groups is 1. The smallest absolute Gasteiger partial charge is 0.550 e. The Kier molecular flexibility index (Phi) is 41.7. The topological polar surface area (TPSA) is 297 Å². The number of aliphatic hydroxyl groups excluding tert-OH is 1. The molecule has 0 radical (unpaired) electrons. The van der Waals surface area contributed by atoms with Crippen LogP contribution in [0.15, 0.2) is 56.9 Å². The van der Waals surface area contributed by atoms with Crippen molar-refractivity contribution < 1.29 is 106 Å². The zero-order valence-electron chi connectivity index (χ0n) is 53.4. The van der Waals surface area contributed by atoms with Crippen molar-refractivity contribution >= 4 is 95.7 Å². The first-order valence-electron chi connectivity index (χ1n) is 29.1. The number of anilines is 2. The van der Waals surface area contributed by atoms with Crippen LogP contribution in [0.3, 0.4) is 0 Å². The largest absolute Gasteiger partial charge is 1.00 e. The van der Waals surface area contributed by atoms with Crippen molar-refractivity contribution in [1.82, 2.24) is 0 Å². The number of carbonyl (C=O) groups is 4. The van der Waals surface area contributed by atoms with Gasteiger partial charge in [-0.15, -0.1) is 22.7 Å². The molecule has 1 aliphatic heterocycles. The second-order valence-electron chi connectivity index (χ2n) is 19.8. The third-order valence-corrected chi connectivity index (χ3v) is 14.7. The predicted molar refractivity (Wildman–Crippen MR) is 336 cm³/mol. The summed E-state index contributed by atoms with van der Waals surface area (Å²) in [4.78, 5) is 57.1. The monoisotopic (exact) mass is 1310 g/mol. The number of hydrogen-bond donors (Lipinski definition) is 1. The molecule has 0 spiro atoms. The van der Waals surface area contributed by atoms with Crippen LogP contribution < -0.4 is 44.5 Å². The first-order valence-corrected chi connectivity index (χ1v) is 30.7. The van der Waals surface area contributed by atoms with Crippen molar-refractivity contribution in [2.24, 2.45) is 20.5 Å². The maximum atomic E-state index is 11.2. The van der Waals surface area contributed by atoms with Gasteiger partial charge in [0.05, 0.1) is 168 Å². The van der Waals surface area contributed by atoms with Crippen LogP contribution in [0.4, 0.5) is 49.1 Å². The number of carboxylic acids is 1. The van der Waals surface area contributed by atoms with E-state index in [1.807, 2.05) is 38.1 Å². The number of nitrogens with zero attached hydrogens (tertiary/aromatic N) is 10. The van der Waals surface area contributed by atoms with Gasteiger partial charge >= 0.3 is 47.5 Å². The van der Waals surface area contributed by atoms with E-state index in [0.29, 0.717) is 154 Å². The molecule has 2 aromatic carbocycles. The second-order valence-corrected chi connectivity index (χ2v) is 21.8. The molecular weight excluding hydrogens is 1230 g/mol. The molecule has 488 valence electrons. The fourth-order valence-electron chi connectivity index (χ4n) is 7.85. The number of cyclic esters (lactones) is 2. The Hall–Kier alpha value is -6.68. The molecule has 0 saturated carbocycles. The molecule has 0 atom stereocenters. The van der Waals surface area contributed by atoms with Crippen molar-refractivity contribution in [2.45, 2.75) is 93.2 Å². The summed E-state index contributed by atoms with van der Waals surface area (Å²) >= 11 is 2.36. The van der Waals surface area contributed by atoms with E-state index in [0.717, 1.165) is 34.7 Å². The SMILES string of the molecule is O=C1CCC(=O)O1.[C-]#[N+]c1c(N=Nc2ccc(N(CCOCCOCCOCCOCCOC(=O)CCC(=O)[O-])C(C)C)cc2C)sc(C#N)c1C.[C-]#[N+]c1sc(N=Nc2ccc(N(CCOCCOCCOCCOCCO)C(C)C)cc2C)c([N+]#[C-])c1C.[Na+]. The standard InChI is InChI=1S/C31H41N5O8S.C27H37N5O5S.C4H4O3.Na/c1-22(2)36(25-6-7-26(23(3)20-25)34-35-31-30(33-5)24(4)27(21-32)45-31)10-11-40-12-13-41-14-15-42-16-17-43-18-19-44-29(39)9-8-28(37)38;1-20(2)32(9-11-34-13-15-36-17-18-37-16-14-35-12-10-33)23-7-8-24(21(3)19-23)30-31-27-25(28-5)22(4)26(29-6)38-27;5-3-1-2-4(6)7-3;/h6-7,20,22H,8-19H2,1-4H3,(H,37,38);7-8,19-20,33H,9-18H2,1-4H3;1-2H2;/q;;;+1/p-1. The van der Waals surface area contributed by atoms with Gasteiger partial charge in [-0.1, -0.05) is 6.92 Å². The zero-order chi connectivity index (χ0) is 66.1. The van der Waals surface area contributed by atoms with Gasteiger partial charge in [-0.05, 0) is 114 Å². The summed E-state index contributed by atoms with van der Waals surface area (Å²) in [5, 5.41) is 46.8. The third-order valence-electron chi connectivity index (χ3n) is 12.6. The van der Waals surface area contributed by atoms with Crippen LogP contribution in [-0.2, 0) is 66.5 Å². The van der Waals surface area contributed by atoms with Gasteiger partial charge in [-0.2, -0.15) is 25.7 Å². The summed E-state index contributed by atoms with van der Waals surface area (Å²) in [5.74, 6) is -2.68. The minimum absolute atomic E-state index is 0. The number of rotatable bonds is 40. The van der Waals surface area contributed by atoms with Gasteiger partial charge in [0, 0.05) is 42.5 Å². The Morgan fingerprint density at radius 3 is 1.35 bits per heavy atom. The van der Waals surface area contributed by atoms with Crippen LogP contribution >= 0.6 is 22.7 Å². The molecule has 1 N–H and O–H groups in total. The number of azo groups is 2. The fraction of sp³-hybridized carbons (Fsp3) is 0.548. The van der Waals surface area contributed by atoms with Crippen molar-refractivity contribution in [1.29, 1.82) is 5.26 Å². The van der Waals surface area contributed by atoms with Crippen LogP contribution in [0.1, 0.15) is 80.5 Å². The Morgan fingerprint density at radius 2 is 1.00 bits per heavy atom. The Morgan fingerprint density at radius 1 is 0.604 bits per heavy atom. The van der Waals surface area contributed by atoms with E-state index >= 15 is 0 Å². The molecule has 29 heteroatoms. The molecule has 2 aromatic heterocycles. The molecule has 1 aliphatic rings. The van der Waals surface area contributed by atoms with E-state index in [4.69, 9.17) is 67.5 Å². The van der Waals surface area contributed by atoms with E-state index in [-0.39, 0.29) is 87.1 Å². The summed E-state index contributed by atoms with van der Waals surface area (Å²) in [5.41, 5.74) is 7.50. The fourth-order valence-corrected chi connectivity index (χ4v) is 9.57. The Balaban J connectivity index is 0.000000558. The van der Waals surface area contributed by atoms with Gasteiger partial charge in [-0.3, -0.25) is 14.4 Å². The van der Waals surface area contributed by atoms with Crippen LogP contribution in [0.25, 0.3) is 14.5 Å². The molecule has 26 nitrogen and oxygen atoms in total. The van der Waals surface area contributed by atoms with Gasteiger partial charge in [0.2, 0.25) is 16.4 Å². The molecule has 0 aliphatic carbocycles. The molecule has 4 aromatic rings. The summed E-state index contributed by atoms with van der Waals surface area (Å²) in [6.45, 7) is 46.5. The molecule has 3 heterocycles. The normalized spacial score (nSPS) is 11.7. The molecule has 5 rings (SSSR count). The van der Waals surface area contributed by atoms with Gasteiger partial charge in [0.1, 0.15) is 22.7 Å². The third kappa shape index (κ3) is 31.5. The van der Waals surface area contributed by atoms with Crippen molar-refractivity contribution in [3.05, 3.63) is 97.8 Å². The summed E-state index contributed by atoms with van der Waals surface area (Å²) < 4.78 is 52.7. The van der Waals surface area contributed by atoms with Crippen molar-refractivity contribution in [3.63, 3.8) is 0 Å². The van der Waals surface area contributed by atoms with Crippen molar-refractivity contribution in [3.8, 4) is 6.07 Å². The molecule has 0 unspecified atom stereocenters. The number of carboxylic acid groups (broad SMARTS) is 1. The molecular formula is C62H81N10NaO16S2. The predicted octanol–water partition coefficient (Wildman–Crippen LogP) is 7.57. The van der Waals surface area contributed by atoms with Crippen LogP contribution in [0.2, 0.25) is 0 Å². The number of nitriles is 1. The minimum atomic E-state index is -1.29. The van der Waals surface area contributed by atoms with Gasteiger partial charge in [0.15, 0.2) is 0 Å². The number of esters is 3. The molecule has 1 saturated heterocycles. The number of ether oxygens (including phenoxy) is 10. The summed E-state index contributed by atoms with van der Waals surface area (Å²) in [6.07, 6.45) is -0.0481. The van der Waals surface area contributed by atoms with Gasteiger partial charge in [0.25, 0.3) is 0 Å². The number of hydrogen-bond acceptors (Lipinski definition) is 25. The van der Waals surface area contributed by atoms with Gasteiger partial charge < -0.3 is 72.2 Å². The summed E-state index contributed by atoms with van der Waals surface area (Å²) in [7, 11) is 0. The van der Waals surface area contributed by atoms with Crippen LogP contribution in [0.5, 0.6) is 0 Å².